The summed E-state index contributed by atoms with van der Waals surface area (Å²) in [5.41, 5.74) is 3.48. The summed E-state index contributed by atoms with van der Waals surface area (Å²) in [7, 11) is 0. The van der Waals surface area contributed by atoms with E-state index in [0.29, 0.717) is 0 Å². The van der Waals surface area contributed by atoms with Crippen LogP contribution >= 0.6 is 0 Å². The summed E-state index contributed by atoms with van der Waals surface area (Å²) in [5, 5.41) is 9.12. The van der Waals surface area contributed by atoms with Gasteiger partial charge in [-0.25, -0.2) is 0 Å². The maximum Gasteiger partial charge on any atom is 0.305 e. The molecule has 100 valence electrons. The number of aryl methyl sites for hydroxylation is 2. The van der Waals surface area contributed by atoms with Gasteiger partial charge in [-0.1, -0.05) is 37.6 Å². The van der Waals surface area contributed by atoms with Crippen LogP contribution in [0.1, 0.15) is 43.0 Å². The Balaban J connectivity index is 3.15. The molecule has 0 aromatic heterocycles. The molecular weight excluding hydrogens is 226 g/mol. The highest BCUT2D eigenvalue weighted by Crippen LogP contribution is 2.27. The van der Waals surface area contributed by atoms with E-state index in [0.717, 1.165) is 18.7 Å². The van der Waals surface area contributed by atoms with Crippen LogP contribution in [0, 0.1) is 13.8 Å². The lowest BCUT2D eigenvalue weighted by Crippen LogP contribution is -2.30. The van der Waals surface area contributed by atoms with E-state index >= 15 is 0 Å². The zero-order valence-electron chi connectivity index (χ0n) is 11.7. The van der Waals surface area contributed by atoms with Crippen LogP contribution in [0.2, 0.25) is 0 Å². The molecule has 0 saturated carbocycles. The maximum atomic E-state index is 11.1. The lowest BCUT2D eigenvalue weighted by Gasteiger charge is -2.30. The van der Waals surface area contributed by atoms with Crippen LogP contribution in [-0.4, -0.2) is 29.1 Å². The lowest BCUT2D eigenvalue weighted by atomic mass is 9.95. The molecule has 0 fully saturated rings. The second-order valence-corrected chi connectivity index (χ2v) is 4.69. The van der Waals surface area contributed by atoms with Gasteiger partial charge in [0, 0.05) is 6.04 Å². The number of aliphatic carboxylic acids is 1. The van der Waals surface area contributed by atoms with Gasteiger partial charge < -0.3 is 5.11 Å². The Labute approximate surface area is 109 Å². The van der Waals surface area contributed by atoms with Gasteiger partial charge in [-0.2, -0.15) is 0 Å². The van der Waals surface area contributed by atoms with Gasteiger partial charge in [0.25, 0.3) is 0 Å². The highest BCUT2D eigenvalue weighted by atomic mass is 16.4. The van der Waals surface area contributed by atoms with Gasteiger partial charge in [-0.05, 0) is 38.1 Å². The zero-order chi connectivity index (χ0) is 13.7. The van der Waals surface area contributed by atoms with Gasteiger partial charge in [0.1, 0.15) is 0 Å². The van der Waals surface area contributed by atoms with Crippen LogP contribution < -0.4 is 0 Å². The molecule has 0 spiro atoms. The van der Waals surface area contributed by atoms with E-state index < -0.39 is 5.97 Å². The Hall–Kier alpha value is -1.35. The molecule has 1 atom stereocenters. The molecule has 0 aliphatic heterocycles. The first-order valence-corrected chi connectivity index (χ1v) is 6.52. The molecule has 0 saturated heterocycles. The van der Waals surface area contributed by atoms with Crippen molar-refractivity contribution in [3.8, 4) is 0 Å². The number of hydrogen-bond acceptors (Lipinski definition) is 2. The van der Waals surface area contributed by atoms with Crippen molar-refractivity contribution in [2.75, 3.05) is 13.1 Å². The molecule has 3 heteroatoms. The Bertz CT molecular complexity index is 411. The standard InChI is InChI=1S/C15H23NO2/c1-5-16(6-2)14(10-15(17)18)13-9-11(3)7-8-12(13)4/h7-9,14H,5-6,10H2,1-4H3,(H,17,18). The van der Waals surface area contributed by atoms with Crippen molar-refractivity contribution in [1.29, 1.82) is 0 Å². The van der Waals surface area contributed by atoms with E-state index in [1.807, 2.05) is 13.8 Å². The normalized spacial score (nSPS) is 12.7. The first-order chi connectivity index (χ1) is 8.49. The zero-order valence-corrected chi connectivity index (χ0v) is 11.7. The Kier molecular flexibility index (Phi) is 5.35. The van der Waals surface area contributed by atoms with Gasteiger partial charge in [-0.3, -0.25) is 9.69 Å². The molecule has 1 N–H and O–H groups in total. The van der Waals surface area contributed by atoms with Gasteiger partial charge in [0.15, 0.2) is 0 Å². The van der Waals surface area contributed by atoms with E-state index in [9.17, 15) is 4.79 Å². The minimum absolute atomic E-state index is 0.0302. The molecule has 1 aromatic rings. The summed E-state index contributed by atoms with van der Waals surface area (Å²) in [6, 6.07) is 6.22. The number of carbonyl (C=O) groups is 1. The van der Waals surface area contributed by atoms with Gasteiger partial charge in [0.2, 0.25) is 0 Å². The fourth-order valence-electron chi connectivity index (χ4n) is 2.38. The average molecular weight is 249 g/mol. The van der Waals surface area contributed by atoms with Crippen LogP contribution in [0.15, 0.2) is 18.2 Å². The summed E-state index contributed by atoms with van der Waals surface area (Å²) in [6.07, 6.45) is 0.159. The van der Waals surface area contributed by atoms with E-state index in [4.69, 9.17) is 5.11 Å². The van der Waals surface area contributed by atoms with Gasteiger partial charge in [-0.15, -0.1) is 0 Å². The summed E-state index contributed by atoms with van der Waals surface area (Å²) in [5.74, 6) is -0.743. The van der Waals surface area contributed by atoms with Crippen molar-refractivity contribution in [2.24, 2.45) is 0 Å². The molecule has 0 heterocycles. The van der Waals surface area contributed by atoms with Crippen molar-refractivity contribution in [2.45, 2.75) is 40.2 Å². The first-order valence-electron chi connectivity index (χ1n) is 6.52. The number of nitrogens with zero attached hydrogens (tertiary/aromatic N) is 1. The number of carboxylic acid groups (broad SMARTS) is 1. The second kappa shape index (κ2) is 6.55. The topological polar surface area (TPSA) is 40.5 Å². The van der Waals surface area contributed by atoms with E-state index in [1.54, 1.807) is 0 Å². The Morgan fingerprint density at radius 2 is 1.89 bits per heavy atom. The smallest absolute Gasteiger partial charge is 0.305 e. The minimum Gasteiger partial charge on any atom is -0.481 e. The molecule has 0 bridgehead atoms. The van der Waals surface area contributed by atoms with E-state index in [-0.39, 0.29) is 12.5 Å². The molecule has 0 radical (unpaired) electrons. The number of carboxylic acids is 1. The Morgan fingerprint density at radius 1 is 1.28 bits per heavy atom. The molecule has 1 rings (SSSR count). The summed E-state index contributed by atoms with van der Waals surface area (Å²) in [4.78, 5) is 13.3. The van der Waals surface area contributed by atoms with Crippen molar-refractivity contribution in [1.82, 2.24) is 4.90 Å². The van der Waals surface area contributed by atoms with Crippen molar-refractivity contribution >= 4 is 5.97 Å². The highest BCUT2D eigenvalue weighted by molar-refractivity contribution is 5.68. The molecule has 18 heavy (non-hydrogen) atoms. The van der Waals surface area contributed by atoms with Crippen LogP contribution in [0.25, 0.3) is 0 Å². The van der Waals surface area contributed by atoms with Crippen LogP contribution in [0.5, 0.6) is 0 Å². The summed E-state index contributed by atoms with van der Waals surface area (Å²) in [6.45, 7) is 9.97. The third kappa shape index (κ3) is 3.57. The fraction of sp³-hybridized carbons (Fsp3) is 0.533. The molecule has 0 aliphatic rings. The van der Waals surface area contributed by atoms with Crippen molar-refractivity contribution in [3.05, 3.63) is 34.9 Å². The van der Waals surface area contributed by atoms with E-state index in [1.165, 1.54) is 11.1 Å². The lowest BCUT2D eigenvalue weighted by molar-refractivity contribution is -0.138. The van der Waals surface area contributed by atoms with Crippen molar-refractivity contribution < 1.29 is 9.90 Å². The summed E-state index contributed by atoms with van der Waals surface area (Å²) >= 11 is 0. The molecule has 1 aromatic carbocycles. The predicted octanol–water partition coefficient (Wildman–Crippen LogP) is 3.16. The van der Waals surface area contributed by atoms with Crippen molar-refractivity contribution in [3.63, 3.8) is 0 Å². The van der Waals surface area contributed by atoms with E-state index in [2.05, 4.69) is 36.9 Å². The predicted molar refractivity (Wildman–Crippen MR) is 73.8 cm³/mol. The van der Waals surface area contributed by atoms with Crippen LogP contribution in [-0.2, 0) is 4.79 Å². The molecule has 0 amide bonds. The SMILES string of the molecule is CCN(CC)C(CC(=O)O)c1cc(C)ccc1C. The first kappa shape index (κ1) is 14.7. The third-order valence-electron chi connectivity index (χ3n) is 3.41. The minimum atomic E-state index is -0.743. The van der Waals surface area contributed by atoms with Crippen LogP contribution in [0.4, 0.5) is 0 Å². The molecule has 0 aliphatic carbocycles. The highest BCUT2D eigenvalue weighted by Gasteiger charge is 2.22. The van der Waals surface area contributed by atoms with Crippen LogP contribution in [0.3, 0.4) is 0 Å². The second-order valence-electron chi connectivity index (χ2n) is 4.69. The average Bonchev–Trinajstić information content (AvgIpc) is 2.32. The molecular formula is C15H23NO2. The number of benzene rings is 1. The summed E-state index contributed by atoms with van der Waals surface area (Å²) < 4.78 is 0. The maximum absolute atomic E-state index is 11.1. The molecule has 1 unspecified atom stereocenters. The number of hydrogen-bond donors (Lipinski definition) is 1. The number of rotatable bonds is 6. The van der Waals surface area contributed by atoms with Gasteiger partial charge >= 0.3 is 5.97 Å². The quantitative estimate of drug-likeness (QED) is 0.842. The Morgan fingerprint density at radius 3 is 2.39 bits per heavy atom. The fourth-order valence-corrected chi connectivity index (χ4v) is 2.38. The van der Waals surface area contributed by atoms with Gasteiger partial charge in [0.05, 0.1) is 6.42 Å². The third-order valence-corrected chi connectivity index (χ3v) is 3.41. The molecule has 3 nitrogen and oxygen atoms in total. The monoisotopic (exact) mass is 249 g/mol. The largest absolute Gasteiger partial charge is 0.481 e.